The van der Waals surface area contributed by atoms with Crippen LogP contribution in [0.2, 0.25) is 0 Å². The molecule has 25 heavy (non-hydrogen) atoms. The average molecular weight is 391 g/mol. The number of aromatic nitrogens is 2. The lowest BCUT2D eigenvalue weighted by Gasteiger charge is -2.28. The molecule has 2 N–H and O–H groups in total. The molecule has 142 valence electrons. The quantitative estimate of drug-likeness (QED) is 0.796. The van der Waals surface area contributed by atoms with Gasteiger partial charge < -0.3 is 15.5 Å². The minimum atomic E-state index is -0.0773. The Morgan fingerprint density at radius 3 is 2.72 bits per heavy atom. The van der Waals surface area contributed by atoms with Gasteiger partial charge in [0.25, 0.3) is 0 Å². The first kappa shape index (κ1) is 20.3. The molecule has 1 aromatic rings. The minimum Gasteiger partial charge on any atom is -0.332 e. The Labute approximate surface area is 161 Å². The van der Waals surface area contributed by atoms with Crippen molar-refractivity contribution < 1.29 is 4.79 Å². The first-order valence-corrected chi connectivity index (χ1v) is 8.55. The van der Waals surface area contributed by atoms with E-state index in [2.05, 4.69) is 31.4 Å². The SMILES string of the molecule is CN(C)C(=O)NCc1cc2n(n1)CCN(CC1[C@H]3CNC[C@@H]13)C2.Cl.Cl. The van der Waals surface area contributed by atoms with E-state index >= 15 is 0 Å². The predicted molar refractivity (Wildman–Crippen MR) is 101 cm³/mol. The van der Waals surface area contributed by atoms with Crippen molar-refractivity contribution in [2.45, 2.75) is 19.6 Å². The normalized spacial score (nSPS) is 26.7. The second kappa shape index (κ2) is 8.12. The van der Waals surface area contributed by atoms with Crippen LogP contribution in [0, 0.1) is 17.8 Å². The van der Waals surface area contributed by atoms with Crippen LogP contribution in [0.3, 0.4) is 0 Å². The first-order chi connectivity index (χ1) is 11.1. The fourth-order valence-electron chi connectivity index (χ4n) is 4.06. The summed E-state index contributed by atoms with van der Waals surface area (Å²) >= 11 is 0. The summed E-state index contributed by atoms with van der Waals surface area (Å²) in [6.07, 6.45) is 0. The maximum absolute atomic E-state index is 11.6. The van der Waals surface area contributed by atoms with Crippen LogP contribution in [0.25, 0.3) is 0 Å². The summed E-state index contributed by atoms with van der Waals surface area (Å²) in [4.78, 5) is 15.7. The Bertz CT molecular complexity index is 597. The van der Waals surface area contributed by atoms with Crippen LogP contribution in [0.4, 0.5) is 4.79 Å². The Kier molecular flexibility index (Phi) is 6.59. The van der Waals surface area contributed by atoms with E-state index in [0.717, 1.165) is 43.1 Å². The standard InChI is InChI=1S/C16H26N6O.2ClH/c1-20(2)16(23)18-6-11-5-12-9-21(3-4-22(12)19-11)10-15-13-7-17-8-14(13)15;;/h5,13-15,17H,3-4,6-10H2,1-2H3,(H,18,23);2*1H/t13-,14+,15?;;. The molecule has 1 aromatic heterocycles. The molecule has 4 rings (SSSR count). The largest absolute Gasteiger partial charge is 0.332 e. The summed E-state index contributed by atoms with van der Waals surface area (Å²) in [6, 6.07) is 2.06. The van der Waals surface area contributed by atoms with Gasteiger partial charge in [0.05, 0.1) is 24.5 Å². The number of nitrogens with zero attached hydrogens (tertiary/aromatic N) is 4. The molecule has 9 heteroatoms. The Hall–Kier alpha value is -1.02. The smallest absolute Gasteiger partial charge is 0.317 e. The van der Waals surface area contributed by atoms with Crippen molar-refractivity contribution in [3.63, 3.8) is 0 Å². The van der Waals surface area contributed by atoms with Gasteiger partial charge in [0.2, 0.25) is 0 Å². The molecule has 0 radical (unpaired) electrons. The van der Waals surface area contributed by atoms with E-state index < -0.39 is 0 Å². The zero-order valence-electron chi connectivity index (χ0n) is 14.8. The number of urea groups is 1. The molecule has 2 fully saturated rings. The van der Waals surface area contributed by atoms with Gasteiger partial charge in [-0.3, -0.25) is 9.58 Å². The summed E-state index contributed by atoms with van der Waals surface area (Å²) < 4.78 is 2.10. The van der Waals surface area contributed by atoms with Crippen molar-refractivity contribution in [3.8, 4) is 0 Å². The summed E-state index contributed by atoms with van der Waals surface area (Å²) in [5.74, 6) is 2.77. The Morgan fingerprint density at radius 2 is 2.04 bits per heavy atom. The van der Waals surface area contributed by atoms with Crippen LogP contribution < -0.4 is 10.6 Å². The fraction of sp³-hybridized carbons (Fsp3) is 0.750. The van der Waals surface area contributed by atoms with Gasteiger partial charge >= 0.3 is 6.03 Å². The number of nitrogens with one attached hydrogen (secondary N) is 2. The first-order valence-electron chi connectivity index (χ1n) is 8.55. The van der Waals surface area contributed by atoms with Crippen molar-refractivity contribution in [1.82, 2.24) is 30.2 Å². The summed E-state index contributed by atoms with van der Waals surface area (Å²) in [7, 11) is 3.49. The van der Waals surface area contributed by atoms with Crippen molar-refractivity contribution in [2.24, 2.45) is 17.8 Å². The Balaban J connectivity index is 0.00000113. The van der Waals surface area contributed by atoms with Gasteiger partial charge in [-0.05, 0) is 36.9 Å². The van der Waals surface area contributed by atoms with Crippen LogP contribution in [-0.4, -0.2) is 65.9 Å². The third kappa shape index (κ3) is 4.22. The topological polar surface area (TPSA) is 65.4 Å². The van der Waals surface area contributed by atoms with Gasteiger partial charge in [0.1, 0.15) is 0 Å². The number of hydrogen-bond acceptors (Lipinski definition) is 4. The molecule has 3 heterocycles. The van der Waals surface area contributed by atoms with Crippen LogP contribution in [0.5, 0.6) is 0 Å². The van der Waals surface area contributed by atoms with Gasteiger partial charge in [-0.2, -0.15) is 5.10 Å². The molecule has 0 bridgehead atoms. The zero-order chi connectivity index (χ0) is 16.0. The average Bonchev–Trinajstić information content (AvgIpc) is 2.94. The second-order valence-corrected chi connectivity index (χ2v) is 7.29. The molecule has 2 amide bonds. The van der Waals surface area contributed by atoms with Crippen molar-refractivity contribution >= 4 is 30.8 Å². The summed E-state index contributed by atoms with van der Waals surface area (Å²) in [6.45, 7) is 7.19. The number of hydrogen-bond donors (Lipinski definition) is 2. The van der Waals surface area contributed by atoms with E-state index in [0.29, 0.717) is 6.54 Å². The molecule has 7 nitrogen and oxygen atoms in total. The van der Waals surface area contributed by atoms with Crippen LogP contribution in [0.15, 0.2) is 6.07 Å². The number of halogens is 2. The maximum Gasteiger partial charge on any atom is 0.317 e. The lowest BCUT2D eigenvalue weighted by atomic mass is 10.2. The van der Waals surface area contributed by atoms with E-state index in [1.807, 2.05) is 0 Å². The highest BCUT2D eigenvalue weighted by atomic mass is 35.5. The molecule has 1 saturated heterocycles. The van der Waals surface area contributed by atoms with Gasteiger partial charge in [-0.25, -0.2) is 4.79 Å². The molecule has 0 aromatic carbocycles. The highest BCUT2D eigenvalue weighted by molar-refractivity contribution is 5.85. The second-order valence-electron chi connectivity index (χ2n) is 7.29. The van der Waals surface area contributed by atoms with E-state index in [1.54, 1.807) is 19.0 Å². The lowest BCUT2D eigenvalue weighted by Crippen LogP contribution is -2.36. The molecular formula is C16H28Cl2N6O. The number of rotatable bonds is 4. The van der Waals surface area contributed by atoms with E-state index in [9.17, 15) is 4.79 Å². The molecule has 1 unspecified atom stereocenters. The number of amides is 2. The minimum absolute atomic E-state index is 0. The van der Waals surface area contributed by atoms with E-state index in [-0.39, 0.29) is 30.8 Å². The van der Waals surface area contributed by atoms with Crippen LogP contribution in [-0.2, 0) is 19.6 Å². The maximum atomic E-state index is 11.6. The van der Waals surface area contributed by atoms with Gasteiger partial charge in [0, 0.05) is 33.7 Å². The molecule has 3 atom stereocenters. The zero-order valence-corrected chi connectivity index (χ0v) is 16.4. The predicted octanol–water partition coefficient (Wildman–Crippen LogP) is 0.779. The van der Waals surface area contributed by atoms with Gasteiger partial charge in [-0.15, -0.1) is 24.8 Å². The number of piperidine rings is 1. The summed E-state index contributed by atoms with van der Waals surface area (Å²) in [5, 5.41) is 11.0. The number of carbonyl (C=O) groups is 1. The van der Waals surface area contributed by atoms with Crippen molar-refractivity contribution in [2.75, 3.05) is 40.3 Å². The van der Waals surface area contributed by atoms with E-state index in [1.165, 1.54) is 25.3 Å². The molecule has 0 spiro atoms. The molecular weight excluding hydrogens is 363 g/mol. The molecule has 1 saturated carbocycles. The number of carbonyl (C=O) groups excluding carboxylic acids is 1. The van der Waals surface area contributed by atoms with Gasteiger partial charge in [0.15, 0.2) is 0 Å². The fourth-order valence-corrected chi connectivity index (χ4v) is 4.06. The van der Waals surface area contributed by atoms with Gasteiger partial charge in [-0.1, -0.05) is 0 Å². The van der Waals surface area contributed by atoms with Crippen molar-refractivity contribution in [3.05, 3.63) is 17.5 Å². The van der Waals surface area contributed by atoms with E-state index in [4.69, 9.17) is 0 Å². The monoisotopic (exact) mass is 390 g/mol. The Morgan fingerprint density at radius 1 is 1.32 bits per heavy atom. The molecule has 2 aliphatic heterocycles. The number of fused-ring (bicyclic) bond motifs is 2. The molecule has 3 aliphatic rings. The lowest BCUT2D eigenvalue weighted by molar-refractivity contribution is 0.197. The van der Waals surface area contributed by atoms with Crippen LogP contribution in [0.1, 0.15) is 11.4 Å². The molecule has 1 aliphatic carbocycles. The van der Waals surface area contributed by atoms with Crippen LogP contribution >= 0.6 is 24.8 Å². The third-order valence-electron chi connectivity index (χ3n) is 5.49. The highest BCUT2D eigenvalue weighted by Crippen LogP contribution is 2.49. The third-order valence-corrected chi connectivity index (χ3v) is 5.49. The highest BCUT2D eigenvalue weighted by Gasteiger charge is 2.52. The summed E-state index contributed by atoms with van der Waals surface area (Å²) in [5.41, 5.74) is 2.22. The van der Waals surface area contributed by atoms with Crippen molar-refractivity contribution in [1.29, 1.82) is 0 Å².